The van der Waals surface area contributed by atoms with Crippen LogP contribution in [0, 0.1) is 0 Å². The Morgan fingerprint density at radius 1 is 1.17 bits per heavy atom. The first-order valence-electron chi connectivity index (χ1n) is 3.56. The van der Waals surface area contributed by atoms with Crippen LogP contribution in [0.3, 0.4) is 0 Å². The van der Waals surface area contributed by atoms with Crippen LogP contribution >= 0.6 is 25.3 Å². The molecule has 4 nitrogen and oxygen atoms in total. The summed E-state index contributed by atoms with van der Waals surface area (Å²) in [5, 5.41) is 26.3. The van der Waals surface area contributed by atoms with Crippen molar-refractivity contribution in [2.45, 2.75) is 29.0 Å². The van der Waals surface area contributed by atoms with Crippen LogP contribution in [0.25, 0.3) is 0 Å². The number of hydrogen-bond donors (Lipinski definition) is 5. The molecule has 0 aromatic carbocycles. The van der Waals surface area contributed by atoms with Gasteiger partial charge in [-0.3, -0.25) is 0 Å². The second kappa shape index (κ2) is 4.17. The van der Waals surface area contributed by atoms with E-state index in [0.717, 1.165) is 0 Å². The van der Waals surface area contributed by atoms with Crippen molar-refractivity contribution in [1.29, 1.82) is 0 Å². The van der Waals surface area contributed by atoms with E-state index in [1.165, 1.54) is 0 Å². The second-order valence-corrected chi connectivity index (χ2v) is 3.91. The van der Waals surface area contributed by atoms with E-state index in [1.807, 2.05) is 0 Å². The molecule has 1 saturated heterocycles. The molecule has 1 heterocycles. The topological polar surface area (TPSA) is 69.9 Å². The Labute approximate surface area is 81.4 Å². The summed E-state index contributed by atoms with van der Waals surface area (Å²) in [6.45, 7) is -0.241. The molecule has 5 atom stereocenters. The Bertz CT molecular complexity index is 152. The monoisotopic (exact) mass is 212 g/mol. The first-order valence-corrected chi connectivity index (χ1v) is 4.59. The Balaban J connectivity index is 2.63. The molecule has 0 bridgehead atoms. The molecule has 1 fully saturated rings. The van der Waals surface area contributed by atoms with Crippen molar-refractivity contribution >= 4 is 25.3 Å². The lowest BCUT2D eigenvalue weighted by atomic mass is 10.1. The molecule has 0 saturated carbocycles. The second-order valence-electron chi connectivity index (χ2n) is 2.72. The summed E-state index contributed by atoms with van der Waals surface area (Å²) < 4.78 is 4.86. The van der Waals surface area contributed by atoms with Gasteiger partial charge in [-0.2, -0.15) is 25.3 Å². The summed E-state index contributed by atoms with van der Waals surface area (Å²) >= 11 is 8.14. The fourth-order valence-corrected chi connectivity index (χ4v) is 1.76. The van der Waals surface area contributed by atoms with Gasteiger partial charge in [-0.1, -0.05) is 0 Å². The number of hydrogen-bond acceptors (Lipinski definition) is 6. The van der Waals surface area contributed by atoms with Crippen LogP contribution < -0.4 is 0 Å². The van der Waals surface area contributed by atoms with Crippen molar-refractivity contribution in [3.63, 3.8) is 0 Å². The van der Waals surface area contributed by atoms with E-state index in [1.54, 1.807) is 0 Å². The van der Waals surface area contributed by atoms with Crippen molar-refractivity contribution < 1.29 is 20.1 Å². The van der Waals surface area contributed by atoms with Crippen molar-refractivity contribution in [2.24, 2.45) is 0 Å². The molecule has 6 heteroatoms. The van der Waals surface area contributed by atoms with E-state index in [9.17, 15) is 5.11 Å². The molecule has 0 aliphatic carbocycles. The first kappa shape index (κ1) is 10.6. The Morgan fingerprint density at radius 3 is 2.25 bits per heavy atom. The third-order valence-electron chi connectivity index (χ3n) is 1.87. The number of aliphatic hydroxyl groups is 3. The predicted octanol–water partition coefficient (Wildman–Crippen LogP) is -1.35. The van der Waals surface area contributed by atoms with E-state index in [2.05, 4.69) is 25.3 Å². The highest BCUT2D eigenvalue weighted by Crippen LogP contribution is 2.27. The molecule has 1 aliphatic heterocycles. The lowest BCUT2D eigenvalue weighted by Crippen LogP contribution is -2.54. The minimum absolute atomic E-state index is 0.241. The molecular formula is C6H12O4S2. The van der Waals surface area contributed by atoms with Crippen LogP contribution in [0.4, 0.5) is 0 Å². The molecule has 1 rings (SSSR count). The van der Waals surface area contributed by atoms with Gasteiger partial charge < -0.3 is 20.1 Å². The van der Waals surface area contributed by atoms with Gasteiger partial charge in [0.05, 0.1) is 12.7 Å². The summed E-state index contributed by atoms with van der Waals surface area (Å²) in [7, 11) is 0. The highest BCUT2D eigenvalue weighted by atomic mass is 32.1. The van der Waals surface area contributed by atoms with Gasteiger partial charge in [-0.25, -0.2) is 0 Å². The van der Waals surface area contributed by atoms with Gasteiger partial charge in [0.1, 0.15) is 6.10 Å². The fourth-order valence-electron chi connectivity index (χ4n) is 1.08. The van der Waals surface area contributed by atoms with Crippen LogP contribution in [0.15, 0.2) is 0 Å². The Morgan fingerprint density at radius 2 is 1.75 bits per heavy atom. The maximum Gasteiger partial charge on any atom is 0.182 e. The van der Waals surface area contributed by atoms with Crippen LogP contribution in [-0.2, 0) is 4.74 Å². The molecule has 0 aromatic rings. The molecule has 1 aliphatic rings. The predicted molar refractivity (Wildman–Crippen MR) is 49.5 cm³/mol. The first-order chi connectivity index (χ1) is 5.57. The SMILES string of the molecule is OCC1OC(O)C(O)C(S)C1S. The maximum absolute atomic E-state index is 9.25. The van der Waals surface area contributed by atoms with Crippen molar-refractivity contribution in [2.75, 3.05) is 6.61 Å². The summed E-state index contributed by atoms with van der Waals surface area (Å²) in [6.07, 6.45) is -2.92. The third kappa shape index (κ3) is 1.89. The van der Waals surface area contributed by atoms with E-state index in [0.29, 0.717) is 0 Å². The smallest absolute Gasteiger partial charge is 0.182 e. The normalized spacial score (nSPS) is 49.2. The van der Waals surface area contributed by atoms with E-state index in [-0.39, 0.29) is 11.9 Å². The zero-order valence-corrected chi connectivity index (χ0v) is 8.03. The van der Waals surface area contributed by atoms with Gasteiger partial charge in [0, 0.05) is 10.5 Å². The number of thiol groups is 2. The van der Waals surface area contributed by atoms with Crippen molar-refractivity contribution in [3.8, 4) is 0 Å². The minimum atomic E-state index is -1.28. The third-order valence-corrected chi connectivity index (χ3v) is 3.38. The minimum Gasteiger partial charge on any atom is -0.394 e. The summed E-state index contributed by atoms with van der Waals surface area (Å²) in [6, 6.07) is 0. The van der Waals surface area contributed by atoms with Gasteiger partial charge in [0.2, 0.25) is 0 Å². The largest absolute Gasteiger partial charge is 0.394 e. The average molecular weight is 212 g/mol. The molecule has 0 radical (unpaired) electrons. The molecule has 5 unspecified atom stereocenters. The average Bonchev–Trinajstić information content (AvgIpc) is 2.08. The quantitative estimate of drug-likeness (QED) is 0.349. The maximum atomic E-state index is 9.25. The van der Waals surface area contributed by atoms with Crippen LogP contribution in [-0.4, -0.2) is 50.9 Å². The zero-order valence-electron chi connectivity index (χ0n) is 6.24. The fraction of sp³-hybridized carbons (Fsp3) is 1.00. The van der Waals surface area contributed by atoms with Crippen molar-refractivity contribution in [3.05, 3.63) is 0 Å². The van der Waals surface area contributed by atoms with Crippen LogP contribution in [0.2, 0.25) is 0 Å². The van der Waals surface area contributed by atoms with Gasteiger partial charge in [-0.05, 0) is 0 Å². The Kier molecular flexibility index (Phi) is 3.69. The van der Waals surface area contributed by atoms with Crippen molar-refractivity contribution in [1.82, 2.24) is 0 Å². The molecule has 0 amide bonds. The lowest BCUT2D eigenvalue weighted by Gasteiger charge is -2.38. The number of ether oxygens (including phenoxy) is 1. The van der Waals surface area contributed by atoms with Gasteiger partial charge in [-0.15, -0.1) is 0 Å². The highest BCUT2D eigenvalue weighted by Gasteiger charge is 2.40. The molecule has 12 heavy (non-hydrogen) atoms. The van der Waals surface area contributed by atoms with Gasteiger partial charge in [0.25, 0.3) is 0 Å². The summed E-state index contributed by atoms with van der Waals surface area (Å²) in [4.78, 5) is 0. The molecule has 0 spiro atoms. The molecule has 0 aromatic heterocycles. The lowest BCUT2D eigenvalue weighted by molar-refractivity contribution is -0.215. The molecule has 3 N–H and O–H groups in total. The molecular weight excluding hydrogens is 200 g/mol. The van der Waals surface area contributed by atoms with Crippen LogP contribution in [0.1, 0.15) is 0 Å². The van der Waals surface area contributed by atoms with Gasteiger partial charge >= 0.3 is 0 Å². The molecule has 72 valence electrons. The van der Waals surface area contributed by atoms with E-state index in [4.69, 9.17) is 14.9 Å². The number of aliphatic hydroxyl groups excluding tert-OH is 3. The number of rotatable bonds is 1. The summed E-state index contributed by atoms with van der Waals surface area (Å²) in [5.74, 6) is 0. The van der Waals surface area contributed by atoms with Gasteiger partial charge in [0.15, 0.2) is 6.29 Å². The van der Waals surface area contributed by atoms with Crippen LogP contribution in [0.5, 0.6) is 0 Å². The summed E-state index contributed by atoms with van der Waals surface area (Å²) in [5.41, 5.74) is 0. The van der Waals surface area contributed by atoms with E-state index >= 15 is 0 Å². The highest BCUT2D eigenvalue weighted by molar-refractivity contribution is 7.85. The van der Waals surface area contributed by atoms with E-state index < -0.39 is 23.7 Å². The Hall–Kier alpha value is 0.540. The zero-order chi connectivity index (χ0) is 9.30. The standard InChI is InChI=1S/C6H12O4S2/c7-1-2-4(11)5(12)3(8)6(9)10-2/h2-9,11-12H,1H2.